The standard InChI is InChI=1S/C10H15IN2O2/c1-3-15-6-4-5-13-8(2)12-7-9(11)10(13)14/h7H,3-6H2,1-2H3. The van der Waals surface area contributed by atoms with Crippen LogP contribution < -0.4 is 5.56 Å². The van der Waals surface area contributed by atoms with Gasteiger partial charge in [-0.05, 0) is 42.9 Å². The molecule has 0 unspecified atom stereocenters. The highest BCUT2D eigenvalue weighted by Crippen LogP contribution is 1.98. The van der Waals surface area contributed by atoms with Crippen molar-refractivity contribution in [2.24, 2.45) is 0 Å². The summed E-state index contributed by atoms with van der Waals surface area (Å²) in [5.41, 5.74) is 0.0413. The maximum absolute atomic E-state index is 11.7. The van der Waals surface area contributed by atoms with Gasteiger partial charge in [0.2, 0.25) is 0 Å². The molecule has 1 rings (SSSR count). The van der Waals surface area contributed by atoms with Crippen LogP contribution in [0.1, 0.15) is 19.2 Å². The fourth-order valence-electron chi connectivity index (χ4n) is 1.28. The first-order chi connectivity index (χ1) is 7.16. The molecule has 1 aromatic rings. The van der Waals surface area contributed by atoms with Crippen LogP contribution in [-0.2, 0) is 11.3 Å². The molecule has 0 bridgehead atoms. The average molecular weight is 322 g/mol. The van der Waals surface area contributed by atoms with Gasteiger partial charge in [-0.25, -0.2) is 4.98 Å². The van der Waals surface area contributed by atoms with E-state index in [1.54, 1.807) is 10.8 Å². The Morgan fingerprint density at radius 3 is 3.00 bits per heavy atom. The van der Waals surface area contributed by atoms with Crippen LogP contribution in [0.2, 0.25) is 0 Å². The zero-order valence-corrected chi connectivity index (χ0v) is 11.2. The highest BCUT2D eigenvalue weighted by molar-refractivity contribution is 14.1. The molecule has 15 heavy (non-hydrogen) atoms. The first-order valence-electron chi connectivity index (χ1n) is 4.96. The van der Waals surface area contributed by atoms with Gasteiger partial charge in [0.15, 0.2) is 0 Å². The van der Waals surface area contributed by atoms with Crippen LogP contribution in [-0.4, -0.2) is 22.8 Å². The summed E-state index contributed by atoms with van der Waals surface area (Å²) in [6.45, 7) is 5.89. The molecule has 0 aliphatic rings. The van der Waals surface area contributed by atoms with Crippen LogP contribution in [0.3, 0.4) is 0 Å². The first-order valence-corrected chi connectivity index (χ1v) is 6.04. The van der Waals surface area contributed by atoms with Gasteiger partial charge in [-0.2, -0.15) is 0 Å². The third kappa shape index (κ3) is 3.57. The van der Waals surface area contributed by atoms with Crippen LogP contribution in [0.15, 0.2) is 11.0 Å². The molecule has 0 aliphatic carbocycles. The largest absolute Gasteiger partial charge is 0.382 e. The summed E-state index contributed by atoms with van der Waals surface area (Å²) in [5, 5.41) is 0. The van der Waals surface area contributed by atoms with Crippen LogP contribution in [0.4, 0.5) is 0 Å². The Morgan fingerprint density at radius 2 is 2.33 bits per heavy atom. The molecular formula is C10H15IN2O2. The van der Waals surface area contributed by atoms with Crippen molar-refractivity contribution >= 4 is 22.6 Å². The lowest BCUT2D eigenvalue weighted by molar-refractivity contribution is 0.141. The molecular weight excluding hydrogens is 307 g/mol. The molecule has 0 spiro atoms. The van der Waals surface area contributed by atoms with E-state index in [4.69, 9.17) is 4.74 Å². The summed E-state index contributed by atoms with van der Waals surface area (Å²) in [7, 11) is 0. The number of aryl methyl sites for hydroxylation is 1. The van der Waals surface area contributed by atoms with Crippen molar-refractivity contribution in [2.45, 2.75) is 26.8 Å². The topological polar surface area (TPSA) is 44.1 Å². The molecule has 0 fully saturated rings. The minimum Gasteiger partial charge on any atom is -0.382 e. The third-order valence-corrected chi connectivity index (χ3v) is 2.82. The maximum atomic E-state index is 11.7. The highest BCUT2D eigenvalue weighted by Gasteiger charge is 2.04. The van der Waals surface area contributed by atoms with Crippen LogP contribution in [0, 0.1) is 10.5 Å². The van der Waals surface area contributed by atoms with Gasteiger partial charge in [0.05, 0.1) is 3.57 Å². The van der Waals surface area contributed by atoms with Gasteiger partial charge in [-0.1, -0.05) is 0 Å². The van der Waals surface area contributed by atoms with E-state index >= 15 is 0 Å². The van der Waals surface area contributed by atoms with E-state index in [0.717, 1.165) is 18.9 Å². The molecule has 0 aromatic carbocycles. The van der Waals surface area contributed by atoms with Crippen LogP contribution in [0.5, 0.6) is 0 Å². The Balaban J connectivity index is 2.68. The summed E-state index contributed by atoms with van der Waals surface area (Å²) < 4.78 is 7.58. The number of hydrogen-bond acceptors (Lipinski definition) is 3. The molecule has 5 heteroatoms. The normalized spacial score (nSPS) is 10.6. The Labute approximate surface area is 103 Å². The number of aromatic nitrogens is 2. The van der Waals surface area contributed by atoms with Gasteiger partial charge < -0.3 is 4.74 Å². The lowest BCUT2D eigenvalue weighted by Gasteiger charge is -2.08. The number of rotatable bonds is 5. The molecule has 84 valence electrons. The van der Waals surface area contributed by atoms with Crippen molar-refractivity contribution in [1.82, 2.24) is 9.55 Å². The van der Waals surface area contributed by atoms with E-state index in [0.29, 0.717) is 16.7 Å². The summed E-state index contributed by atoms with van der Waals surface area (Å²) in [6, 6.07) is 0. The van der Waals surface area contributed by atoms with Gasteiger partial charge in [0.25, 0.3) is 5.56 Å². The minimum atomic E-state index is 0.0413. The van der Waals surface area contributed by atoms with Gasteiger partial charge in [0, 0.05) is 26.0 Å². The van der Waals surface area contributed by atoms with E-state index < -0.39 is 0 Å². The highest BCUT2D eigenvalue weighted by atomic mass is 127. The number of nitrogens with zero attached hydrogens (tertiary/aromatic N) is 2. The van der Waals surface area contributed by atoms with Gasteiger partial charge in [-0.15, -0.1) is 0 Å². The minimum absolute atomic E-state index is 0.0413. The Kier molecular flexibility index (Phi) is 5.24. The maximum Gasteiger partial charge on any atom is 0.266 e. The van der Waals surface area contributed by atoms with Gasteiger partial charge in [-0.3, -0.25) is 9.36 Å². The van der Waals surface area contributed by atoms with Crippen molar-refractivity contribution in [3.05, 3.63) is 25.9 Å². The molecule has 1 heterocycles. The zero-order chi connectivity index (χ0) is 11.3. The number of hydrogen-bond donors (Lipinski definition) is 0. The second kappa shape index (κ2) is 6.22. The summed E-state index contributed by atoms with van der Waals surface area (Å²) >= 11 is 2.01. The van der Waals surface area contributed by atoms with Crippen molar-refractivity contribution in [1.29, 1.82) is 0 Å². The van der Waals surface area contributed by atoms with E-state index in [2.05, 4.69) is 4.98 Å². The summed E-state index contributed by atoms with van der Waals surface area (Å²) in [6.07, 6.45) is 2.45. The summed E-state index contributed by atoms with van der Waals surface area (Å²) in [4.78, 5) is 15.9. The average Bonchev–Trinajstić information content (AvgIpc) is 2.23. The fourth-order valence-corrected chi connectivity index (χ4v) is 1.71. The molecule has 0 saturated heterocycles. The third-order valence-electron chi connectivity index (χ3n) is 2.08. The van der Waals surface area contributed by atoms with Gasteiger partial charge in [0.1, 0.15) is 5.82 Å². The lowest BCUT2D eigenvalue weighted by Crippen LogP contribution is -2.26. The van der Waals surface area contributed by atoms with Crippen LogP contribution >= 0.6 is 22.6 Å². The molecule has 1 aromatic heterocycles. The van der Waals surface area contributed by atoms with E-state index in [9.17, 15) is 4.79 Å². The molecule has 0 saturated carbocycles. The number of halogens is 1. The van der Waals surface area contributed by atoms with Gasteiger partial charge >= 0.3 is 0 Å². The lowest BCUT2D eigenvalue weighted by atomic mass is 10.4. The van der Waals surface area contributed by atoms with Crippen molar-refractivity contribution in [2.75, 3.05) is 13.2 Å². The Hall–Kier alpha value is -0.430. The van der Waals surface area contributed by atoms with Crippen LogP contribution in [0.25, 0.3) is 0 Å². The molecule has 4 nitrogen and oxygen atoms in total. The quantitative estimate of drug-likeness (QED) is 0.611. The zero-order valence-electron chi connectivity index (χ0n) is 8.99. The van der Waals surface area contributed by atoms with E-state index in [1.807, 2.05) is 36.4 Å². The Bertz CT molecular complexity index is 376. The van der Waals surface area contributed by atoms with E-state index in [1.165, 1.54) is 0 Å². The molecule has 0 N–H and O–H groups in total. The molecule has 0 atom stereocenters. The first kappa shape index (κ1) is 12.6. The van der Waals surface area contributed by atoms with Crippen molar-refractivity contribution in [3.63, 3.8) is 0 Å². The number of ether oxygens (including phenoxy) is 1. The summed E-state index contributed by atoms with van der Waals surface area (Å²) in [5.74, 6) is 0.761. The van der Waals surface area contributed by atoms with Crippen molar-refractivity contribution in [3.8, 4) is 0 Å². The Morgan fingerprint density at radius 1 is 1.60 bits per heavy atom. The second-order valence-electron chi connectivity index (χ2n) is 3.16. The smallest absolute Gasteiger partial charge is 0.266 e. The van der Waals surface area contributed by atoms with Crippen molar-refractivity contribution < 1.29 is 4.74 Å². The fraction of sp³-hybridized carbons (Fsp3) is 0.600. The second-order valence-corrected chi connectivity index (χ2v) is 4.32. The van der Waals surface area contributed by atoms with E-state index in [-0.39, 0.29) is 5.56 Å². The predicted octanol–water partition coefficient (Wildman–Crippen LogP) is 1.58. The SMILES string of the molecule is CCOCCCn1c(C)ncc(I)c1=O. The monoisotopic (exact) mass is 322 g/mol. The molecule has 0 aliphatic heterocycles. The predicted molar refractivity (Wildman–Crippen MR) is 67.1 cm³/mol. The molecule has 0 radical (unpaired) electrons. The molecule has 0 amide bonds.